The molecular weight excluding hydrogens is 112 g/mol. The van der Waals surface area contributed by atoms with E-state index in [1.807, 2.05) is 0 Å². The van der Waals surface area contributed by atoms with E-state index in [9.17, 15) is 0 Å². The Morgan fingerprint density at radius 3 is 2.67 bits per heavy atom. The van der Waals surface area contributed by atoms with Gasteiger partial charge in [0.05, 0.1) is 0 Å². The summed E-state index contributed by atoms with van der Waals surface area (Å²) in [6.07, 6.45) is 3.40. The van der Waals surface area contributed by atoms with Crippen molar-refractivity contribution in [3.63, 3.8) is 0 Å². The molecule has 1 unspecified atom stereocenters. The van der Waals surface area contributed by atoms with Gasteiger partial charge in [0.15, 0.2) is 0 Å². The smallest absolute Gasteiger partial charge is 0.0441 e. The molecule has 1 aliphatic carbocycles. The number of rotatable bonds is 0. The standard InChI is InChI=1S/C7H14N2/c1-5-3-2-4-6(8)7(5)9/h6H,2-4,8-9H2,1H3. The molecule has 0 radical (unpaired) electrons. The lowest BCUT2D eigenvalue weighted by atomic mass is 9.94. The van der Waals surface area contributed by atoms with E-state index < -0.39 is 0 Å². The summed E-state index contributed by atoms with van der Waals surface area (Å²) in [7, 11) is 0. The van der Waals surface area contributed by atoms with Crippen LogP contribution in [0, 0.1) is 0 Å². The molecule has 52 valence electrons. The first kappa shape index (κ1) is 6.62. The van der Waals surface area contributed by atoms with Gasteiger partial charge in [-0.15, -0.1) is 0 Å². The van der Waals surface area contributed by atoms with Crippen molar-refractivity contribution in [3.8, 4) is 0 Å². The summed E-state index contributed by atoms with van der Waals surface area (Å²) in [6.45, 7) is 2.06. The second kappa shape index (κ2) is 2.40. The summed E-state index contributed by atoms with van der Waals surface area (Å²) in [5, 5.41) is 0. The summed E-state index contributed by atoms with van der Waals surface area (Å²) in [5.41, 5.74) is 13.6. The van der Waals surface area contributed by atoms with Crippen LogP contribution in [0.3, 0.4) is 0 Å². The molecule has 0 fully saturated rings. The van der Waals surface area contributed by atoms with Crippen molar-refractivity contribution in [2.75, 3.05) is 0 Å². The van der Waals surface area contributed by atoms with Crippen LogP contribution in [0.4, 0.5) is 0 Å². The highest BCUT2D eigenvalue weighted by Crippen LogP contribution is 2.19. The highest BCUT2D eigenvalue weighted by atomic mass is 14.7. The zero-order valence-corrected chi connectivity index (χ0v) is 5.85. The van der Waals surface area contributed by atoms with E-state index in [4.69, 9.17) is 11.5 Å². The fourth-order valence-electron chi connectivity index (χ4n) is 1.20. The van der Waals surface area contributed by atoms with Crippen LogP contribution in [0.25, 0.3) is 0 Å². The molecule has 2 nitrogen and oxygen atoms in total. The Kier molecular flexibility index (Phi) is 1.76. The van der Waals surface area contributed by atoms with Crippen molar-refractivity contribution >= 4 is 0 Å². The van der Waals surface area contributed by atoms with Crippen molar-refractivity contribution in [2.45, 2.75) is 32.2 Å². The highest BCUT2D eigenvalue weighted by Gasteiger charge is 2.13. The first-order chi connectivity index (χ1) is 4.22. The van der Waals surface area contributed by atoms with Crippen molar-refractivity contribution in [3.05, 3.63) is 11.3 Å². The Hall–Kier alpha value is -0.500. The van der Waals surface area contributed by atoms with Gasteiger partial charge in [-0.25, -0.2) is 0 Å². The van der Waals surface area contributed by atoms with E-state index in [1.165, 1.54) is 12.0 Å². The summed E-state index contributed by atoms with van der Waals surface area (Å²) in [4.78, 5) is 0. The average molecular weight is 126 g/mol. The molecule has 1 rings (SSSR count). The molecule has 0 saturated carbocycles. The zero-order valence-electron chi connectivity index (χ0n) is 5.85. The minimum atomic E-state index is 0.138. The summed E-state index contributed by atoms with van der Waals surface area (Å²) >= 11 is 0. The molecule has 1 atom stereocenters. The minimum absolute atomic E-state index is 0.138. The third-order valence-electron chi connectivity index (χ3n) is 1.96. The first-order valence-electron chi connectivity index (χ1n) is 3.42. The van der Waals surface area contributed by atoms with E-state index in [0.717, 1.165) is 18.5 Å². The number of hydrogen-bond donors (Lipinski definition) is 2. The molecule has 0 heterocycles. The second-order valence-corrected chi connectivity index (χ2v) is 2.73. The zero-order chi connectivity index (χ0) is 6.85. The van der Waals surface area contributed by atoms with Gasteiger partial charge >= 0.3 is 0 Å². The fraction of sp³-hybridized carbons (Fsp3) is 0.714. The minimum Gasteiger partial charge on any atom is -0.401 e. The lowest BCUT2D eigenvalue weighted by molar-refractivity contribution is 0.589. The maximum absolute atomic E-state index is 5.69. The van der Waals surface area contributed by atoms with Crippen molar-refractivity contribution in [1.82, 2.24) is 0 Å². The maximum Gasteiger partial charge on any atom is 0.0441 e. The predicted octanol–water partition coefficient (Wildman–Crippen LogP) is 0.730. The number of nitrogens with two attached hydrogens (primary N) is 2. The van der Waals surface area contributed by atoms with Gasteiger partial charge < -0.3 is 11.5 Å². The third-order valence-corrected chi connectivity index (χ3v) is 1.96. The Bertz CT molecular complexity index is 138. The van der Waals surface area contributed by atoms with Gasteiger partial charge in [0.25, 0.3) is 0 Å². The van der Waals surface area contributed by atoms with E-state index in [0.29, 0.717) is 0 Å². The SMILES string of the molecule is CC1=C(N)C(N)CCC1. The van der Waals surface area contributed by atoms with Gasteiger partial charge in [-0.2, -0.15) is 0 Å². The van der Waals surface area contributed by atoms with Crippen LogP contribution in [0.1, 0.15) is 26.2 Å². The summed E-state index contributed by atoms with van der Waals surface area (Å²) in [5.74, 6) is 0. The molecule has 0 aromatic rings. The molecule has 0 aliphatic heterocycles. The predicted molar refractivity (Wildman–Crippen MR) is 38.7 cm³/mol. The van der Waals surface area contributed by atoms with Gasteiger partial charge in [-0.1, -0.05) is 5.57 Å². The molecule has 0 aromatic carbocycles. The van der Waals surface area contributed by atoms with Crippen LogP contribution in [-0.4, -0.2) is 6.04 Å². The van der Waals surface area contributed by atoms with Crippen LogP contribution < -0.4 is 11.5 Å². The molecule has 9 heavy (non-hydrogen) atoms. The molecule has 2 heteroatoms. The van der Waals surface area contributed by atoms with Gasteiger partial charge in [-0.3, -0.25) is 0 Å². The largest absolute Gasteiger partial charge is 0.401 e. The van der Waals surface area contributed by atoms with Crippen LogP contribution in [-0.2, 0) is 0 Å². The van der Waals surface area contributed by atoms with E-state index in [1.54, 1.807) is 0 Å². The van der Waals surface area contributed by atoms with E-state index in [2.05, 4.69) is 6.92 Å². The Morgan fingerprint density at radius 1 is 1.56 bits per heavy atom. The summed E-state index contributed by atoms with van der Waals surface area (Å²) in [6, 6.07) is 0.138. The molecule has 0 aromatic heterocycles. The third kappa shape index (κ3) is 1.24. The lowest BCUT2D eigenvalue weighted by Crippen LogP contribution is -2.30. The molecule has 0 spiro atoms. The van der Waals surface area contributed by atoms with Crippen LogP contribution in [0.2, 0.25) is 0 Å². The number of hydrogen-bond acceptors (Lipinski definition) is 2. The quantitative estimate of drug-likeness (QED) is 0.502. The molecule has 0 saturated heterocycles. The average Bonchev–Trinajstić information content (AvgIpc) is 1.83. The van der Waals surface area contributed by atoms with Gasteiger partial charge in [-0.05, 0) is 26.2 Å². The Morgan fingerprint density at radius 2 is 2.22 bits per heavy atom. The fourth-order valence-corrected chi connectivity index (χ4v) is 1.20. The van der Waals surface area contributed by atoms with Gasteiger partial charge in [0, 0.05) is 11.7 Å². The molecule has 1 aliphatic rings. The van der Waals surface area contributed by atoms with Gasteiger partial charge in [0.2, 0.25) is 0 Å². The van der Waals surface area contributed by atoms with Gasteiger partial charge in [0.1, 0.15) is 0 Å². The van der Waals surface area contributed by atoms with E-state index in [-0.39, 0.29) is 6.04 Å². The van der Waals surface area contributed by atoms with Crippen LogP contribution >= 0.6 is 0 Å². The Labute approximate surface area is 55.9 Å². The molecular formula is C7H14N2. The normalized spacial score (nSPS) is 28.9. The second-order valence-electron chi connectivity index (χ2n) is 2.73. The van der Waals surface area contributed by atoms with Crippen LogP contribution in [0.5, 0.6) is 0 Å². The number of allylic oxidation sites excluding steroid dienone is 1. The summed E-state index contributed by atoms with van der Waals surface area (Å²) < 4.78 is 0. The van der Waals surface area contributed by atoms with E-state index >= 15 is 0 Å². The molecule has 0 bridgehead atoms. The first-order valence-corrected chi connectivity index (χ1v) is 3.42. The molecule has 4 N–H and O–H groups in total. The maximum atomic E-state index is 5.69. The Balaban J connectivity index is 2.72. The van der Waals surface area contributed by atoms with Crippen molar-refractivity contribution < 1.29 is 0 Å². The monoisotopic (exact) mass is 126 g/mol. The topological polar surface area (TPSA) is 52.0 Å². The van der Waals surface area contributed by atoms with Crippen LogP contribution in [0.15, 0.2) is 11.3 Å². The lowest BCUT2D eigenvalue weighted by Gasteiger charge is -2.20. The molecule has 0 amide bonds. The van der Waals surface area contributed by atoms with Crippen molar-refractivity contribution in [2.24, 2.45) is 11.5 Å². The highest BCUT2D eigenvalue weighted by molar-refractivity contribution is 5.17. The van der Waals surface area contributed by atoms with Crippen molar-refractivity contribution in [1.29, 1.82) is 0 Å².